The van der Waals surface area contributed by atoms with Gasteiger partial charge in [0.2, 0.25) is 12.7 Å². The van der Waals surface area contributed by atoms with Gasteiger partial charge in [0, 0.05) is 17.4 Å². The van der Waals surface area contributed by atoms with Crippen LogP contribution in [0.3, 0.4) is 0 Å². The number of carbonyl (C=O) groups excluding carboxylic acids is 1. The first-order chi connectivity index (χ1) is 13.2. The Hall–Kier alpha value is -3.88. The van der Waals surface area contributed by atoms with Gasteiger partial charge in [-0.3, -0.25) is 0 Å². The molecule has 4 rings (SSSR count). The topological polar surface area (TPSA) is 107 Å². The lowest BCUT2D eigenvalue weighted by molar-refractivity contribution is 0.0601. The van der Waals surface area contributed by atoms with Crippen LogP contribution in [-0.4, -0.2) is 35.1 Å². The van der Waals surface area contributed by atoms with E-state index in [0.29, 0.717) is 28.6 Å². The summed E-state index contributed by atoms with van der Waals surface area (Å²) in [6.45, 7) is 0.215. The van der Waals surface area contributed by atoms with Crippen LogP contribution < -0.4 is 20.1 Å². The van der Waals surface area contributed by atoms with E-state index in [9.17, 15) is 4.79 Å². The summed E-state index contributed by atoms with van der Waals surface area (Å²) in [5.74, 6) is 1.73. The highest BCUT2D eigenvalue weighted by Gasteiger charge is 2.13. The Balaban J connectivity index is 1.50. The minimum absolute atomic E-state index is 0.215. The Labute approximate surface area is 154 Å². The van der Waals surface area contributed by atoms with Crippen LogP contribution in [0.1, 0.15) is 10.4 Å². The summed E-state index contributed by atoms with van der Waals surface area (Å²) in [7, 11) is 1.33. The molecule has 136 valence electrons. The number of hydrogen-bond donors (Lipinski definition) is 2. The smallest absolute Gasteiger partial charge is 0.337 e. The highest BCUT2D eigenvalue weighted by atomic mass is 16.7. The van der Waals surface area contributed by atoms with Crippen molar-refractivity contribution in [2.75, 3.05) is 24.5 Å². The second kappa shape index (κ2) is 7.16. The highest BCUT2D eigenvalue weighted by Crippen LogP contribution is 2.34. The number of anilines is 4. The summed E-state index contributed by atoms with van der Waals surface area (Å²) >= 11 is 0. The predicted molar refractivity (Wildman–Crippen MR) is 96.7 cm³/mol. The summed E-state index contributed by atoms with van der Waals surface area (Å²) in [6, 6.07) is 12.3. The molecule has 0 aliphatic carbocycles. The maximum absolute atomic E-state index is 11.6. The van der Waals surface area contributed by atoms with Gasteiger partial charge < -0.3 is 24.8 Å². The molecule has 1 aliphatic rings. The van der Waals surface area contributed by atoms with E-state index in [4.69, 9.17) is 14.2 Å². The van der Waals surface area contributed by atoms with Gasteiger partial charge in [-0.25, -0.2) is 4.79 Å². The fourth-order valence-electron chi connectivity index (χ4n) is 2.51. The highest BCUT2D eigenvalue weighted by molar-refractivity contribution is 5.90. The molecule has 3 aromatic rings. The number of aromatic nitrogens is 3. The third-order valence-electron chi connectivity index (χ3n) is 3.74. The van der Waals surface area contributed by atoms with Crippen LogP contribution in [0.15, 0.2) is 48.7 Å². The van der Waals surface area contributed by atoms with Crippen molar-refractivity contribution in [1.82, 2.24) is 15.2 Å². The first kappa shape index (κ1) is 16.6. The molecule has 2 aromatic carbocycles. The number of methoxy groups -OCH3 is 1. The van der Waals surface area contributed by atoms with Gasteiger partial charge in [0.25, 0.3) is 0 Å². The number of ether oxygens (including phenoxy) is 3. The summed E-state index contributed by atoms with van der Waals surface area (Å²) in [5, 5.41) is 14.0. The number of hydrogen-bond acceptors (Lipinski definition) is 9. The van der Waals surface area contributed by atoms with Crippen molar-refractivity contribution in [3.05, 3.63) is 54.2 Å². The number of nitrogens with zero attached hydrogens (tertiary/aromatic N) is 3. The summed E-state index contributed by atoms with van der Waals surface area (Å²) < 4.78 is 15.4. The average Bonchev–Trinajstić information content (AvgIpc) is 3.16. The van der Waals surface area contributed by atoms with Crippen LogP contribution >= 0.6 is 0 Å². The fraction of sp³-hybridized carbons (Fsp3) is 0.111. The van der Waals surface area contributed by atoms with E-state index in [1.54, 1.807) is 24.3 Å². The average molecular weight is 365 g/mol. The van der Waals surface area contributed by atoms with Crippen molar-refractivity contribution >= 4 is 29.1 Å². The molecule has 27 heavy (non-hydrogen) atoms. The van der Waals surface area contributed by atoms with Gasteiger partial charge >= 0.3 is 5.97 Å². The van der Waals surface area contributed by atoms with E-state index in [2.05, 4.69) is 25.8 Å². The monoisotopic (exact) mass is 365 g/mol. The number of carbonyl (C=O) groups is 1. The molecule has 0 spiro atoms. The first-order valence-corrected chi connectivity index (χ1v) is 8.03. The predicted octanol–water partition coefficient (Wildman–Crippen LogP) is 2.87. The number of fused-ring (bicyclic) bond motifs is 1. The Morgan fingerprint density at radius 3 is 2.81 bits per heavy atom. The molecule has 1 aliphatic heterocycles. The van der Waals surface area contributed by atoms with E-state index in [1.807, 2.05) is 18.2 Å². The minimum Gasteiger partial charge on any atom is -0.465 e. The second-order valence-corrected chi connectivity index (χ2v) is 5.56. The molecular formula is C18H15N5O4. The maximum Gasteiger partial charge on any atom is 0.337 e. The molecule has 0 saturated carbocycles. The third-order valence-corrected chi connectivity index (χ3v) is 3.74. The Morgan fingerprint density at radius 2 is 1.93 bits per heavy atom. The van der Waals surface area contributed by atoms with Crippen LogP contribution in [-0.2, 0) is 4.74 Å². The number of nitrogens with one attached hydrogen (secondary N) is 2. The molecule has 2 heterocycles. The second-order valence-electron chi connectivity index (χ2n) is 5.56. The van der Waals surface area contributed by atoms with Crippen LogP contribution in [0, 0.1) is 0 Å². The first-order valence-electron chi connectivity index (χ1n) is 8.03. The molecule has 0 radical (unpaired) electrons. The van der Waals surface area contributed by atoms with Gasteiger partial charge in [0.1, 0.15) is 0 Å². The molecule has 0 bridgehead atoms. The van der Waals surface area contributed by atoms with Crippen molar-refractivity contribution in [3.8, 4) is 11.5 Å². The lowest BCUT2D eigenvalue weighted by Crippen LogP contribution is -2.04. The summed E-state index contributed by atoms with van der Waals surface area (Å²) in [6.07, 6.45) is 1.50. The Kier molecular flexibility index (Phi) is 4.40. The van der Waals surface area contributed by atoms with Crippen LogP contribution in [0.5, 0.6) is 11.5 Å². The van der Waals surface area contributed by atoms with Gasteiger partial charge in [0.15, 0.2) is 17.3 Å². The van der Waals surface area contributed by atoms with Crippen molar-refractivity contribution in [2.45, 2.75) is 0 Å². The number of rotatable bonds is 5. The van der Waals surface area contributed by atoms with E-state index in [0.717, 1.165) is 5.69 Å². The largest absolute Gasteiger partial charge is 0.465 e. The molecule has 0 amide bonds. The van der Waals surface area contributed by atoms with Crippen molar-refractivity contribution in [2.24, 2.45) is 0 Å². The van der Waals surface area contributed by atoms with Crippen molar-refractivity contribution in [1.29, 1.82) is 0 Å². The maximum atomic E-state index is 11.6. The van der Waals surface area contributed by atoms with Gasteiger partial charge in [0.05, 0.1) is 18.9 Å². The standard InChI is InChI=1S/C18H15N5O4/c1-25-17(24)11-3-2-4-12(7-11)21-18-22-16(9-19-23-18)20-13-5-6-14-15(8-13)27-10-26-14/h2-9H,10H2,1H3,(H2,20,21,22,23). The minimum atomic E-state index is -0.420. The molecule has 0 saturated heterocycles. The van der Waals surface area contributed by atoms with Crippen molar-refractivity contribution < 1.29 is 19.0 Å². The zero-order valence-electron chi connectivity index (χ0n) is 14.3. The molecule has 1 aromatic heterocycles. The van der Waals surface area contributed by atoms with E-state index in [-0.39, 0.29) is 12.7 Å². The molecule has 2 N–H and O–H groups in total. The quantitative estimate of drug-likeness (QED) is 0.660. The normalized spacial score (nSPS) is 11.7. The molecule has 9 heteroatoms. The van der Waals surface area contributed by atoms with Gasteiger partial charge in [-0.1, -0.05) is 6.07 Å². The Morgan fingerprint density at radius 1 is 1.07 bits per heavy atom. The van der Waals surface area contributed by atoms with Crippen LogP contribution in [0.25, 0.3) is 0 Å². The Bertz CT molecular complexity index is 995. The lowest BCUT2D eigenvalue weighted by atomic mass is 10.2. The zero-order chi connectivity index (χ0) is 18.6. The summed E-state index contributed by atoms with van der Waals surface area (Å²) in [4.78, 5) is 16.0. The number of benzene rings is 2. The van der Waals surface area contributed by atoms with E-state index >= 15 is 0 Å². The SMILES string of the molecule is COC(=O)c1cccc(Nc2nncc(Nc3ccc4c(c3)OCO4)n2)c1. The molecule has 0 fully saturated rings. The lowest BCUT2D eigenvalue weighted by Gasteiger charge is -2.09. The van der Waals surface area contributed by atoms with Crippen LogP contribution in [0.2, 0.25) is 0 Å². The van der Waals surface area contributed by atoms with Gasteiger partial charge in [-0.15, -0.1) is 5.10 Å². The molecular weight excluding hydrogens is 350 g/mol. The van der Waals surface area contributed by atoms with Crippen molar-refractivity contribution in [3.63, 3.8) is 0 Å². The zero-order valence-corrected chi connectivity index (χ0v) is 14.3. The van der Waals surface area contributed by atoms with E-state index < -0.39 is 5.97 Å². The fourth-order valence-corrected chi connectivity index (χ4v) is 2.51. The van der Waals surface area contributed by atoms with Gasteiger partial charge in [-0.05, 0) is 30.3 Å². The molecule has 0 unspecified atom stereocenters. The molecule has 0 atom stereocenters. The van der Waals surface area contributed by atoms with Crippen LogP contribution in [0.4, 0.5) is 23.1 Å². The third kappa shape index (κ3) is 3.71. The van der Waals surface area contributed by atoms with E-state index in [1.165, 1.54) is 13.3 Å². The molecule has 9 nitrogen and oxygen atoms in total. The number of esters is 1. The summed E-state index contributed by atoms with van der Waals surface area (Å²) in [5.41, 5.74) is 1.84. The van der Waals surface area contributed by atoms with Gasteiger partial charge in [-0.2, -0.15) is 10.1 Å².